The maximum absolute atomic E-state index is 12.8. The Balaban J connectivity index is 1.65. The van der Waals surface area contributed by atoms with Gasteiger partial charge >= 0.3 is 6.18 Å². The Kier molecular flexibility index (Phi) is 3.88. The van der Waals surface area contributed by atoms with Crippen LogP contribution in [0.3, 0.4) is 0 Å². The molecule has 1 atom stereocenters. The summed E-state index contributed by atoms with van der Waals surface area (Å²) in [6.45, 7) is 0.649. The number of carbonyl (C=O) groups is 1. The van der Waals surface area contributed by atoms with Gasteiger partial charge in [0.25, 0.3) is 0 Å². The fraction of sp³-hybridized carbons (Fsp3) is 0.714. The zero-order valence-corrected chi connectivity index (χ0v) is 12.8. The van der Waals surface area contributed by atoms with Crippen LogP contribution >= 0.6 is 0 Å². The number of halogens is 3. The lowest BCUT2D eigenvalue weighted by molar-refractivity contribution is -0.273. The molecule has 6 nitrogen and oxygen atoms in total. The first-order valence-corrected chi connectivity index (χ1v) is 7.54. The number of aliphatic hydroxyl groups is 1. The predicted molar refractivity (Wildman–Crippen MR) is 75.8 cm³/mol. The summed E-state index contributed by atoms with van der Waals surface area (Å²) in [4.78, 5) is 15.9. The second-order valence-electron chi connectivity index (χ2n) is 6.23. The van der Waals surface area contributed by atoms with Crippen molar-refractivity contribution in [1.29, 1.82) is 0 Å². The van der Waals surface area contributed by atoms with E-state index in [-0.39, 0.29) is 19.0 Å². The van der Waals surface area contributed by atoms with Crippen LogP contribution in [-0.2, 0) is 11.8 Å². The van der Waals surface area contributed by atoms with Crippen LogP contribution in [0.25, 0.3) is 0 Å². The first-order valence-electron chi connectivity index (χ1n) is 7.54. The fourth-order valence-electron chi connectivity index (χ4n) is 3.30. The summed E-state index contributed by atoms with van der Waals surface area (Å²) in [5, 5.41) is 13.7. The summed E-state index contributed by atoms with van der Waals surface area (Å²) < 4.78 is 40.1. The number of nitrogens with zero attached hydrogens (tertiary/aromatic N) is 4. The molecule has 2 fully saturated rings. The van der Waals surface area contributed by atoms with Crippen molar-refractivity contribution >= 4 is 11.6 Å². The minimum Gasteiger partial charge on any atom is -0.380 e. The summed E-state index contributed by atoms with van der Waals surface area (Å²) in [6, 6.07) is -0.423. The maximum atomic E-state index is 12.8. The van der Waals surface area contributed by atoms with Gasteiger partial charge < -0.3 is 10.0 Å². The maximum Gasteiger partial charge on any atom is 0.417 e. The van der Waals surface area contributed by atoms with Crippen LogP contribution in [0.15, 0.2) is 12.4 Å². The molecule has 1 aromatic heterocycles. The highest BCUT2D eigenvalue weighted by molar-refractivity contribution is 5.99. The van der Waals surface area contributed by atoms with Gasteiger partial charge in [-0.1, -0.05) is 0 Å². The Morgan fingerprint density at radius 1 is 1.30 bits per heavy atom. The van der Waals surface area contributed by atoms with E-state index in [9.17, 15) is 23.1 Å². The van der Waals surface area contributed by atoms with Crippen molar-refractivity contribution in [3.05, 3.63) is 12.4 Å². The quantitative estimate of drug-likeness (QED) is 0.875. The van der Waals surface area contributed by atoms with E-state index in [0.29, 0.717) is 18.7 Å². The van der Waals surface area contributed by atoms with Gasteiger partial charge in [0, 0.05) is 32.9 Å². The SMILES string of the molecule is Cn1cc(N2CCC(N3CCC(O)(C(F)(F)F)CC3)C2=O)cn1. The molecule has 0 spiro atoms. The van der Waals surface area contributed by atoms with Crippen molar-refractivity contribution in [1.82, 2.24) is 14.7 Å². The van der Waals surface area contributed by atoms with Crippen LogP contribution in [0.4, 0.5) is 18.9 Å². The fourth-order valence-corrected chi connectivity index (χ4v) is 3.30. The summed E-state index contributed by atoms with van der Waals surface area (Å²) in [5.41, 5.74) is -1.93. The molecule has 2 aliphatic heterocycles. The van der Waals surface area contributed by atoms with E-state index in [1.165, 1.54) is 0 Å². The summed E-state index contributed by atoms with van der Waals surface area (Å²) in [7, 11) is 1.75. The summed E-state index contributed by atoms with van der Waals surface area (Å²) >= 11 is 0. The lowest BCUT2D eigenvalue weighted by Gasteiger charge is -2.40. The van der Waals surface area contributed by atoms with Crippen molar-refractivity contribution in [3.8, 4) is 0 Å². The van der Waals surface area contributed by atoms with E-state index < -0.39 is 30.7 Å². The lowest BCUT2D eigenvalue weighted by Crippen LogP contribution is -2.56. The number of aryl methyl sites for hydroxylation is 1. The Morgan fingerprint density at radius 3 is 2.48 bits per heavy atom. The van der Waals surface area contributed by atoms with Gasteiger partial charge in [0.1, 0.15) is 0 Å². The number of carbonyl (C=O) groups excluding carboxylic acids is 1. The van der Waals surface area contributed by atoms with E-state index in [1.54, 1.807) is 33.9 Å². The molecule has 2 saturated heterocycles. The molecule has 3 rings (SSSR count). The third-order valence-corrected chi connectivity index (χ3v) is 4.77. The number of hydrogen-bond donors (Lipinski definition) is 1. The second kappa shape index (κ2) is 5.48. The molecular formula is C14H19F3N4O2. The van der Waals surface area contributed by atoms with Gasteiger partial charge in [0.05, 0.1) is 17.9 Å². The molecule has 0 aromatic carbocycles. The molecule has 0 saturated carbocycles. The molecule has 1 amide bonds. The Bertz CT molecular complexity index is 593. The van der Waals surface area contributed by atoms with Gasteiger partial charge in [0.2, 0.25) is 5.91 Å². The number of amides is 1. The van der Waals surface area contributed by atoms with Crippen molar-refractivity contribution in [2.24, 2.45) is 7.05 Å². The van der Waals surface area contributed by atoms with Crippen molar-refractivity contribution in [2.75, 3.05) is 24.5 Å². The highest BCUT2D eigenvalue weighted by Gasteiger charge is 2.55. The van der Waals surface area contributed by atoms with E-state index in [2.05, 4.69) is 5.10 Å². The van der Waals surface area contributed by atoms with Crippen molar-refractivity contribution in [3.63, 3.8) is 0 Å². The highest BCUT2D eigenvalue weighted by Crippen LogP contribution is 2.39. The van der Waals surface area contributed by atoms with E-state index in [1.807, 2.05) is 0 Å². The Morgan fingerprint density at radius 2 is 1.96 bits per heavy atom. The minimum atomic E-state index is -4.62. The average Bonchev–Trinajstić information content (AvgIpc) is 3.05. The monoisotopic (exact) mass is 332 g/mol. The molecule has 0 radical (unpaired) electrons. The average molecular weight is 332 g/mol. The van der Waals surface area contributed by atoms with Crippen molar-refractivity contribution < 1.29 is 23.1 Å². The molecule has 128 valence electrons. The van der Waals surface area contributed by atoms with E-state index in [4.69, 9.17) is 0 Å². The standard InChI is InChI=1S/C14H19F3N4O2/c1-19-9-10(8-18-19)21-5-2-11(12(21)22)20-6-3-13(23,4-7-20)14(15,16)17/h8-9,11,23H,2-7H2,1H3. The first kappa shape index (κ1) is 16.3. The summed E-state index contributed by atoms with van der Waals surface area (Å²) in [5.74, 6) is -0.115. The number of alkyl halides is 3. The minimum absolute atomic E-state index is 0.0628. The molecule has 1 unspecified atom stereocenters. The van der Waals surface area contributed by atoms with E-state index >= 15 is 0 Å². The molecule has 23 heavy (non-hydrogen) atoms. The Labute approximate surface area is 131 Å². The van der Waals surface area contributed by atoms with Gasteiger partial charge in [-0.15, -0.1) is 0 Å². The van der Waals surface area contributed by atoms with Crippen LogP contribution in [0, 0.1) is 0 Å². The van der Waals surface area contributed by atoms with Gasteiger partial charge in [0.15, 0.2) is 5.60 Å². The lowest BCUT2D eigenvalue weighted by atomic mass is 9.90. The zero-order valence-electron chi connectivity index (χ0n) is 12.8. The van der Waals surface area contributed by atoms with Crippen LogP contribution in [0.2, 0.25) is 0 Å². The van der Waals surface area contributed by atoms with Crippen LogP contribution < -0.4 is 4.90 Å². The first-order chi connectivity index (χ1) is 10.7. The number of aromatic nitrogens is 2. The molecule has 9 heteroatoms. The molecule has 0 bridgehead atoms. The van der Waals surface area contributed by atoms with Gasteiger partial charge in [-0.2, -0.15) is 18.3 Å². The molecular weight excluding hydrogens is 313 g/mol. The Hall–Kier alpha value is -1.61. The second-order valence-corrected chi connectivity index (χ2v) is 6.23. The van der Waals surface area contributed by atoms with Gasteiger partial charge in [-0.25, -0.2) is 0 Å². The molecule has 2 aliphatic rings. The number of rotatable bonds is 2. The predicted octanol–water partition coefficient (Wildman–Crippen LogP) is 0.915. The largest absolute Gasteiger partial charge is 0.417 e. The highest BCUT2D eigenvalue weighted by atomic mass is 19.4. The summed E-state index contributed by atoms with van der Waals surface area (Å²) in [6.07, 6.45) is -1.52. The van der Waals surface area contributed by atoms with Gasteiger partial charge in [-0.05, 0) is 19.3 Å². The molecule has 1 N–H and O–H groups in total. The zero-order chi connectivity index (χ0) is 16.8. The van der Waals surface area contributed by atoms with Crippen LogP contribution in [0.1, 0.15) is 19.3 Å². The normalized spacial score (nSPS) is 26.0. The third kappa shape index (κ3) is 2.83. The van der Waals surface area contributed by atoms with E-state index in [0.717, 1.165) is 0 Å². The smallest absolute Gasteiger partial charge is 0.380 e. The third-order valence-electron chi connectivity index (χ3n) is 4.77. The topological polar surface area (TPSA) is 61.6 Å². The van der Waals surface area contributed by atoms with Crippen LogP contribution in [0.5, 0.6) is 0 Å². The number of hydrogen-bond acceptors (Lipinski definition) is 4. The van der Waals surface area contributed by atoms with Gasteiger partial charge in [-0.3, -0.25) is 14.4 Å². The van der Waals surface area contributed by atoms with Crippen LogP contribution in [-0.4, -0.2) is 63.1 Å². The number of anilines is 1. The molecule has 1 aromatic rings. The molecule has 0 aliphatic carbocycles. The molecule has 3 heterocycles. The number of likely N-dealkylation sites (tertiary alicyclic amines) is 1. The van der Waals surface area contributed by atoms with Crippen molar-refractivity contribution in [2.45, 2.75) is 37.1 Å². The number of piperidine rings is 1.